The van der Waals surface area contributed by atoms with Gasteiger partial charge in [0, 0.05) is 10.9 Å². The lowest BCUT2D eigenvalue weighted by Gasteiger charge is -2.24. The quantitative estimate of drug-likeness (QED) is 0.487. The molecule has 0 heterocycles. The highest BCUT2D eigenvalue weighted by Gasteiger charge is 2.34. The summed E-state index contributed by atoms with van der Waals surface area (Å²) in [6.07, 6.45) is 7.58. The van der Waals surface area contributed by atoms with Crippen LogP contribution in [0.5, 0.6) is 0 Å². The Morgan fingerprint density at radius 1 is 1.15 bits per heavy atom. The number of carbonyl (C=O) groups excluding carboxylic acids is 2. The normalized spacial score (nSPS) is 24.3. The van der Waals surface area contributed by atoms with E-state index in [9.17, 15) is 9.59 Å². The van der Waals surface area contributed by atoms with Gasteiger partial charge >= 0.3 is 0 Å². The molecule has 0 aromatic heterocycles. The number of isocyanates is 2. The van der Waals surface area contributed by atoms with Crippen LogP contribution >= 0.6 is 23.2 Å². The van der Waals surface area contributed by atoms with Crippen molar-refractivity contribution >= 4 is 35.4 Å². The number of aliphatic imine (C=N–C) groups is 2. The number of halogens is 2. The van der Waals surface area contributed by atoms with Gasteiger partial charge in [-0.2, -0.15) is 9.98 Å². The first-order chi connectivity index (χ1) is 9.61. The Morgan fingerprint density at radius 3 is 2.40 bits per heavy atom. The molecule has 0 saturated carbocycles. The van der Waals surface area contributed by atoms with Gasteiger partial charge in [0.15, 0.2) is 0 Å². The maximum Gasteiger partial charge on any atom is 0.238 e. The van der Waals surface area contributed by atoms with E-state index in [0.717, 1.165) is 5.56 Å². The summed E-state index contributed by atoms with van der Waals surface area (Å²) in [5, 5.41) is 0.741. The number of nitrogens with zero attached hydrogens (tertiary/aromatic N) is 2. The van der Waals surface area contributed by atoms with Crippen molar-refractivity contribution in [3.63, 3.8) is 0 Å². The summed E-state index contributed by atoms with van der Waals surface area (Å²) in [5.41, 5.74) is -0.620. The van der Waals surface area contributed by atoms with E-state index in [2.05, 4.69) is 9.98 Å². The standard InChI is InChI=1S/C14H8Cl2N2O2/c15-12-3-1-2-10(6-12)11-4-5-14(17-8-19,18-9-20)13(16)7-11/h1-7,11H. The monoisotopic (exact) mass is 306 g/mol. The van der Waals surface area contributed by atoms with Crippen LogP contribution in [-0.2, 0) is 9.59 Å². The molecule has 0 bridgehead atoms. The third kappa shape index (κ3) is 2.79. The third-order valence-electron chi connectivity index (χ3n) is 2.88. The lowest BCUT2D eigenvalue weighted by molar-refractivity contribution is 0.542. The second kappa shape index (κ2) is 6.00. The van der Waals surface area contributed by atoms with Crippen LogP contribution in [0, 0.1) is 0 Å². The minimum atomic E-state index is -1.54. The first kappa shape index (κ1) is 14.4. The smallest absolute Gasteiger partial charge is 0.211 e. The SMILES string of the molecule is O=C=NC1(N=C=O)C=CC(c2cccc(Cl)c2)C=C1Cl. The van der Waals surface area contributed by atoms with Gasteiger partial charge in [-0.15, -0.1) is 0 Å². The Kier molecular flexibility index (Phi) is 4.33. The molecule has 1 unspecified atom stereocenters. The van der Waals surface area contributed by atoms with E-state index in [-0.39, 0.29) is 11.0 Å². The number of rotatable bonds is 3. The van der Waals surface area contributed by atoms with Gasteiger partial charge in [0.1, 0.15) is 0 Å². The van der Waals surface area contributed by atoms with Crippen LogP contribution in [0.2, 0.25) is 5.02 Å². The van der Waals surface area contributed by atoms with Crippen molar-refractivity contribution in [1.82, 2.24) is 0 Å². The van der Waals surface area contributed by atoms with Crippen molar-refractivity contribution in [3.05, 3.63) is 58.1 Å². The Bertz CT molecular complexity index is 666. The predicted molar refractivity (Wildman–Crippen MR) is 76.2 cm³/mol. The van der Waals surface area contributed by atoms with E-state index < -0.39 is 5.66 Å². The van der Waals surface area contributed by atoms with Gasteiger partial charge < -0.3 is 0 Å². The van der Waals surface area contributed by atoms with Crippen LogP contribution < -0.4 is 0 Å². The Hall–Kier alpha value is -1.96. The van der Waals surface area contributed by atoms with Crippen LogP contribution in [0.4, 0.5) is 0 Å². The highest BCUT2D eigenvalue weighted by atomic mass is 35.5. The van der Waals surface area contributed by atoms with Crippen molar-refractivity contribution in [1.29, 1.82) is 0 Å². The summed E-state index contributed by atoms with van der Waals surface area (Å²) in [6.45, 7) is 0. The van der Waals surface area contributed by atoms with E-state index in [1.165, 1.54) is 18.2 Å². The van der Waals surface area contributed by atoms with Gasteiger partial charge in [0.25, 0.3) is 0 Å². The zero-order valence-electron chi connectivity index (χ0n) is 10.1. The molecule has 1 aliphatic rings. The molecule has 0 spiro atoms. The molecule has 0 saturated heterocycles. The minimum absolute atomic E-state index is 0.136. The summed E-state index contributed by atoms with van der Waals surface area (Å²) in [5.74, 6) is -0.141. The molecule has 0 aliphatic heterocycles. The van der Waals surface area contributed by atoms with Gasteiger partial charge in [0.05, 0.1) is 5.03 Å². The van der Waals surface area contributed by atoms with Gasteiger partial charge in [-0.1, -0.05) is 47.5 Å². The predicted octanol–water partition coefficient (Wildman–Crippen LogP) is 3.48. The molecule has 20 heavy (non-hydrogen) atoms. The molecule has 6 heteroatoms. The highest BCUT2D eigenvalue weighted by molar-refractivity contribution is 6.31. The molecule has 0 amide bonds. The number of benzene rings is 1. The van der Waals surface area contributed by atoms with Crippen molar-refractivity contribution in [2.45, 2.75) is 11.6 Å². The Labute approximate surface area is 125 Å². The fourth-order valence-electron chi connectivity index (χ4n) is 1.92. The van der Waals surface area contributed by atoms with Crippen LogP contribution in [0.15, 0.2) is 57.5 Å². The van der Waals surface area contributed by atoms with E-state index in [1.54, 1.807) is 24.3 Å². The van der Waals surface area contributed by atoms with Crippen LogP contribution in [0.1, 0.15) is 11.5 Å². The van der Waals surface area contributed by atoms with E-state index in [4.69, 9.17) is 23.2 Å². The topological polar surface area (TPSA) is 58.9 Å². The summed E-state index contributed by atoms with van der Waals surface area (Å²) in [7, 11) is 0. The summed E-state index contributed by atoms with van der Waals surface area (Å²) in [4.78, 5) is 27.9. The van der Waals surface area contributed by atoms with Crippen molar-refractivity contribution in [2.75, 3.05) is 0 Å². The first-order valence-corrected chi connectivity index (χ1v) is 6.37. The molecule has 2 rings (SSSR count). The Morgan fingerprint density at radius 2 is 1.85 bits per heavy atom. The fourth-order valence-corrected chi connectivity index (χ4v) is 2.40. The zero-order valence-corrected chi connectivity index (χ0v) is 11.6. The van der Waals surface area contributed by atoms with Gasteiger partial charge in [-0.3, -0.25) is 0 Å². The molecule has 1 aliphatic carbocycles. The molecule has 0 fully saturated rings. The molecule has 1 aromatic carbocycles. The second-order valence-electron chi connectivity index (χ2n) is 4.09. The molecule has 0 radical (unpaired) electrons. The number of hydrogen-bond donors (Lipinski definition) is 0. The summed E-state index contributed by atoms with van der Waals surface area (Å²) >= 11 is 12.1. The van der Waals surface area contributed by atoms with Crippen molar-refractivity contribution in [2.24, 2.45) is 9.98 Å². The first-order valence-electron chi connectivity index (χ1n) is 5.62. The average Bonchev–Trinajstić information content (AvgIpc) is 2.42. The zero-order chi connectivity index (χ0) is 14.6. The van der Waals surface area contributed by atoms with E-state index >= 15 is 0 Å². The number of hydrogen-bond acceptors (Lipinski definition) is 4. The lowest BCUT2D eigenvalue weighted by atomic mass is 9.91. The van der Waals surface area contributed by atoms with Crippen molar-refractivity contribution < 1.29 is 9.59 Å². The van der Waals surface area contributed by atoms with Crippen LogP contribution in [0.3, 0.4) is 0 Å². The van der Waals surface area contributed by atoms with Gasteiger partial charge in [-0.05, 0) is 23.8 Å². The fraction of sp³-hybridized carbons (Fsp3) is 0.143. The molecular weight excluding hydrogens is 299 g/mol. The summed E-state index contributed by atoms with van der Waals surface area (Å²) in [6, 6.07) is 7.28. The van der Waals surface area contributed by atoms with Crippen molar-refractivity contribution in [3.8, 4) is 0 Å². The third-order valence-corrected chi connectivity index (χ3v) is 3.52. The van der Waals surface area contributed by atoms with E-state index in [0.29, 0.717) is 5.02 Å². The molecule has 1 atom stereocenters. The van der Waals surface area contributed by atoms with Gasteiger partial charge in [-0.25, -0.2) is 9.59 Å². The minimum Gasteiger partial charge on any atom is -0.211 e. The van der Waals surface area contributed by atoms with Crippen LogP contribution in [0.25, 0.3) is 0 Å². The molecular formula is C14H8Cl2N2O2. The molecule has 0 N–H and O–H groups in total. The maximum absolute atomic E-state index is 10.5. The molecule has 100 valence electrons. The second-order valence-corrected chi connectivity index (χ2v) is 4.93. The molecule has 1 aromatic rings. The largest absolute Gasteiger partial charge is 0.238 e. The van der Waals surface area contributed by atoms with E-state index in [1.807, 2.05) is 12.1 Å². The maximum atomic E-state index is 10.5. The average molecular weight is 307 g/mol. The number of allylic oxidation sites excluding steroid dienone is 2. The van der Waals surface area contributed by atoms with Gasteiger partial charge in [0.2, 0.25) is 17.8 Å². The summed E-state index contributed by atoms with van der Waals surface area (Å²) < 4.78 is 0. The van der Waals surface area contributed by atoms with Crippen LogP contribution in [-0.4, -0.2) is 17.8 Å². The highest BCUT2D eigenvalue weighted by Crippen LogP contribution is 2.37. The lowest BCUT2D eigenvalue weighted by Crippen LogP contribution is -2.24. The Balaban J connectivity index is 2.43. The molecule has 4 nitrogen and oxygen atoms in total.